The second-order valence-corrected chi connectivity index (χ2v) is 5.89. The summed E-state index contributed by atoms with van der Waals surface area (Å²) in [5.74, 6) is 0.545. The van der Waals surface area contributed by atoms with Crippen LogP contribution in [0.15, 0.2) is 28.7 Å². The molecule has 0 unspecified atom stereocenters. The van der Waals surface area contributed by atoms with Crippen molar-refractivity contribution in [2.75, 3.05) is 6.61 Å². The van der Waals surface area contributed by atoms with Crippen molar-refractivity contribution in [2.24, 2.45) is 0 Å². The van der Waals surface area contributed by atoms with Crippen molar-refractivity contribution in [3.05, 3.63) is 28.7 Å². The summed E-state index contributed by atoms with van der Waals surface area (Å²) in [5, 5.41) is 2.96. The van der Waals surface area contributed by atoms with Gasteiger partial charge in [0, 0.05) is 6.61 Å². The molecule has 0 saturated carbocycles. The van der Waals surface area contributed by atoms with Crippen LogP contribution >= 0.6 is 15.9 Å². The molecular weight excluding hydrogens is 322 g/mol. The summed E-state index contributed by atoms with van der Waals surface area (Å²) >= 11 is 3.40. The standard InChI is InChI=1S/C15H20BrNO3/c1-10(13-8-5-9-19-13)17-15(18)11(2)20-14-7-4-3-6-12(14)16/h3-4,6-7,10-11,13H,5,8-9H2,1-2H3,(H,17,18)/t10-,11-,13-/m1/s1. The van der Waals surface area contributed by atoms with Crippen molar-refractivity contribution in [3.63, 3.8) is 0 Å². The van der Waals surface area contributed by atoms with Gasteiger partial charge in [-0.05, 0) is 54.8 Å². The van der Waals surface area contributed by atoms with E-state index >= 15 is 0 Å². The number of amides is 1. The van der Waals surface area contributed by atoms with Gasteiger partial charge in [0.05, 0.1) is 16.6 Å². The number of ether oxygens (including phenoxy) is 2. The van der Waals surface area contributed by atoms with Gasteiger partial charge < -0.3 is 14.8 Å². The predicted molar refractivity (Wildman–Crippen MR) is 80.8 cm³/mol. The fourth-order valence-electron chi connectivity index (χ4n) is 2.22. The van der Waals surface area contributed by atoms with Crippen LogP contribution in [0.5, 0.6) is 5.75 Å². The van der Waals surface area contributed by atoms with E-state index in [-0.39, 0.29) is 18.1 Å². The van der Waals surface area contributed by atoms with Crippen molar-refractivity contribution in [2.45, 2.75) is 44.9 Å². The van der Waals surface area contributed by atoms with Gasteiger partial charge in [-0.15, -0.1) is 0 Å². The summed E-state index contributed by atoms with van der Waals surface area (Å²) in [6.07, 6.45) is 1.64. The summed E-state index contributed by atoms with van der Waals surface area (Å²) in [5.41, 5.74) is 0. The molecule has 0 spiro atoms. The highest BCUT2D eigenvalue weighted by molar-refractivity contribution is 9.10. The second-order valence-electron chi connectivity index (χ2n) is 5.04. The molecule has 0 aliphatic carbocycles. The molecule has 0 aromatic heterocycles. The molecule has 20 heavy (non-hydrogen) atoms. The highest BCUT2D eigenvalue weighted by atomic mass is 79.9. The molecule has 1 aromatic carbocycles. The molecule has 1 aliphatic heterocycles. The van der Waals surface area contributed by atoms with Crippen LogP contribution in [0, 0.1) is 0 Å². The van der Waals surface area contributed by atoms with Gasteiger partial charge in [-0.2, -0.15) is 0 Å². The highest BCUT2D eigenvalue weighted by Gasteiger charge is 2.25. The Balaban J connectivity index is 1.87. The monoisotopic (exact) mass is 341 g/mol. The average molecular weight is 342 g/mol. The van der Waals surface area contributed by atoms with E-state index < -0.39 is 6.10 Å². The minimum atomic E-state index is -0.544. The zero-order valence-electron chi connectivity index (χ0n) is 11.8. The molecule has 0 bridgehead atoms. The van der Waals surface area contributed by atoms with Crippen molar-refractivity contribution in [3.8, 4) is 5.75 Å². The Morgan fingerprint density at radius 2 is 2.20 bits per heavy atom. The highest BCUT2D eigenvalue weighted by Crippen LogP contribution is 2.25. The van der Waals surface area contributed by atoms with Gasteiger partial charge in [-0.1, -0.05) is 12.1 Å². The number of carbonyl (C=O) groups is 1. The van der Waals surface area contributed by atoms with Crippen LogP contribution in [0.4, 0.5) is 0 Å². The van der Waals surface area contributed by atoms with Gasteiger partial charge in [0.1, 0.15) is 5.75 Å². The molecule has 1 heterocycles. The van der Waals surface area contributed by atoms with Crippen LogP contribution in [-0.4, -0.2) is 30.8 Å². The number of halogens is 1. The number of hydrogen-bond donors (Lipinski definition) is 1. The molecule has 1 saturated heterocycles. The number of carbonyl (C=O) groups excluding carboxylic acids is 1. The Kier molecular flexibility index (Phi) is 5.43. The third-order valence-electron chi connectivity index (χ3n) is 3.40. The first-order chi connectivity index (χ1) is 9.58. The zero-order chi connectivity index (χ0) is 14.5. The largest absolute Gasteiger partial charge is 0.480 e. The topological polar surface area (TPSA) is 47.6 Å². The van der Waals surface area contributed by atoms with Crippen molar-refractivity contribution in [1.29, 1.82) is 0 Å². The van der Waals surface area contributed by atoms with Gasteiger partial charge in [0.2, 0.25) is 0 Å². The van der Waals surface area contributed by atoms with Crippen LogP contribution in [0.25, 0.3) is 0 Å². The van der Waals surface area contributed by atoms with Crippen LogP contribution < -0.4 is 10.1 Å². The Labute approximate surface area is 128 Å². The van der Waals surface area contributed by atoms with E-state index in [9.17, 15) is 4.79 Å². The van der Waals surface area contributed by atoms with Crippen molar-refractivity contribution in [1.82, 2.24) is 5.32 Å². The zero-order valence-corrected chi connectivity index (χ0v) is 13.4. The summed E-state index contributed by atoms with van der Waals surface area (Å²) < 4.78 is 12.1. The molecule has 2 rings (SSSR count). The first-order valence-electron chi connectivity index (χ1n) is 6.91. The van der Waals surface area contributed by atoms with Gasteiger partial charge in [0.15, 0.2) is 6.10 Å². The summed E-state index contributed by atoms with van der Waals surface area (Å²) in [6, 6.07) is 7.50. The van der Waals surface area contributed by atoms with E-state index in [1.165, 1.54) is 0 Å². The molecule has 110 valence electrons. The van der Waals surface area contributed by atoms with Crippen molar-refractivity contribution < 1.29 is 14.3 Å². The predicted octanol–water partition coefficient (Wildman–Crippen LogP) is 2.90. The summed E-state index contributed by atoms with van der Waals surface area (Å²) in [7, 11) is 0. The molecule has 4 nitrogen and oxygen atoms in total. The quantitative estimate of drug-likeness (QED) is 0.895. The van der Waals surface area contributed by atoms with Gasteiger partial charge >= 0.3 is 0 Å². The van der Waals surface area contributed by atoms with E-state index in [1.807, 2.05) is 31.2 Å². The number of para-hydroxylation sites is 1. The van der Waals surface area contributed by atoms with Crippen LogP contribution in [0.1, 0.15) is 26.7 Å². The van der Waals surface area contributed by atoms with E-state index in [2.05, 4.69) is 21.2 Å². The molecule has 1 fully saturated rings. The molecule has 1 aliphatic rings. The number of rotatable bonds is 5. The normalized spacial score (nSPS) is 21.2. The molecule has 1 N–H and O–H groups in total. The van der Waals surface area contributed by atoms with Gasteiger partial charge in [-0.3, -0.25) is 4.79 Å². The molecule has 1 amide bonds. The minimum absolute atomic E-state index is 0.00950. The second kappa shape index (κ2) is 7.09. The van der Waals surface area contributed by atoms with Gasteiger partial charge in [0.25, 0.3) is 5.91 Å². The lowest BCUT2D eigenvalue weighted by atomic mass is 10.1. The maximum Gasteiger partial charge on any atom is 0.261 e. The maximum absolute atomic E-state index is 12.1. The lowest BCUT2D eigenvalue weighted by molar-refractivity contribution is -0.128. The molecule has 5 heteroatoms. The lowest BCUT2D eigenvalue weighted by Gasteiger charge is -2.22. The van der Waals surface area contributed by atoms with Crippen LogP contribution in [0.3, 0.4) is 0 Å². The molecule has 1 aromatic rings. The third kappa shape index (κ3) is 3.96. The summed E-state index contributed by atoms with van der Waals surface area (Å²) in [6.45, 7) is 4.50. The fourth-order valence-corrected chi connectivity index (χ4v) is 2.59. The van der Waals surface area contributed by atoms with Crippen LogP contribution in [-0.2, 0) is 9.53 Å². The third-order valence-corrected chi connectivity index (χ3v) is 4.06. The number of nitrogens with one attached hydrogen (secondary N) is 1. The number of benzene rings is 1. The Morgan fingerprint density at radius 1 is 1.45 bits per heavy atom. The van der Waals surface area contributed by atoms with Gasteiger partial charge in [-0.25, -0.2) is 0 Å². The summed E-state index contributed by atoms with van der Waals surface area (Å²) in [4.78, 5) is 12.1. The van der Waals surface area contributed by atoms with Crippen LogP contribution in [0.2, 0.25) is 0 Å². The first-order valence-corrected chi connectivity index (χ1v) is 7.70. The SMILES string of the molecule is C[C@@H](Oc1ccccc1Br)C(=O)N[C@H](C)[C@H]1CCCO1. The Hall–Kier alpha value is -1.07. The van der Waals surface area contributed by atoms with E-state index in [0.29, 0.717) is 5.75 Å². The maximum atomic E-state index is 12.1. The van der Waals surface area contributed by atoms with E-state index in [1.54, 1.807) is 6.92 Å². The molecular formula is C15H20BrNO3. The lowest BCUT2D eigenvalue weighted by Crippen LogP contribution is -2.46. The van der Waals surface area contributed by atoms with Crippen molar-refractivity contribution >= 4 is 21.8 Å². The fraction of sp³-hybridized carbons (Fsp3) is 0.533. The Bertz CT molecular complexity index is 460. The molecule has 0 radical (unpaired) electrons. The molecule has 3 atom stereocenters. The Morgan fingerprint density at radius 3 is 2.85 bits per heavy atom. The van der Waals surface area contributed by atoms with E-state index in [4.69, 9.17) is 9.47 Å². The number of hydrogen-bond acceptors (Lipinski definition) is 3. The first kappa shape index (κ1) is 15.3. The minimum Gasteiger partial charge on any atom is -0.480 e. The van der Waals surface area contributed by atoms with E-state index in [0.717, 1.165) is 23.9 Å². The average Bonchev–Trinajstić information content (AvgIpc) is 2.95. The smallest absolute Gasteiger partial charge is 0.261 e.